The summed E-state index contributed by atoms with van der Waals surface area (Å²) >= 11 is 5.63. The molecule has 0 aromatic rings. The average molecular weight is 187 g/mol. The van der Waals surface area contributed by atoms with Crippen molar-refractivity contribution < 1.29 is 35.8 Å². The van der Waals surface area contributed by atoms with E-state index in [0.29, 0.717) is 10.8 Å². The summed E-state index contributed by atoms with van der Waals surface area (Å²) in [5, 5.41) is 0.331. The molecule has 2 rings (SSSR count). The molecule has 0 aliphatic heterocycles. The molecule has 2 aliphatic carbocycles. The van der Waals surface area contributed by atoms with Gasteiger partial charge in [0.25, 0.3) is 0 Å². The molecule has 0 saturated heterocycles. The number of hydrogen-bond donors (Lipinski definition) is 0. The van der Waals surface area contributed by atoms with Gasteiger partial charge in [0.15, 0.2) is 0 Å². The molecule has 0 amide bonds. The Kier molecular flexibility index (Phi) is 2.98. The number of hydrogen-bond acceptors (Lipinski definition) is 0. The molecule has 8 heavy (non-hydrogen) atoms. The van der Waals surface area contributed by atoms with Crippen LogP contribution >= 0.6 is 11.6 Å². The molecule has 1 unspecified atom stereocenters. The Labute approximate surface area is 77.3 Å². The summed E-state index contributed by atoms with van der Waals surface area (Å²) in [4.78, 5) is 0. The van der Waals surface area contributed by atoms with Crippen LogP contribution in [0, 0.1) is 11.8 Å². The Morgan fingerprint density at radius 3 is 1.88 bits per heavy atom. The van der Waals surface area contributed by atoms with E-state index in [1.807, 2.05) is 0 Å². The first-order valence-electron chi connectivity index (χ1n) is 2.25. The minimum atomic E-state index is 0. The first-order chi connectivity index (χ1) is 2.83. The molecule has 3 heteroatoms. The second-order valence-corrected chi connectivity index (χ2v) is 2.60. The van der Waals surface area contributed by atoms with E-state index >= 15 is 0 Å². The van der Waals surface area contributed by atoms with Crippen molar-refractivity contribution in [2.45, 2.75) is 18.2 Å². The van der Waals surface area contributed by atoms with Gasteiger partial charge in [0, 0.05) is 11.8 Å². The summed E-state index contributed by atoms with van der Waals surface area (Å²) in [7, 11) is 0. The van der Waals surface area contributed by atoms with Crippen LogP contribution in [-0.4, -0.2) is 5.38 Å². The van der Waals surface area contributed by atoms with E-state index in [9.17, 15) is 0 Å². The average Bonchev–Trinajstić information content (AvgIpc) is 2.25. The van der Waals surface area contributed by atoms with Crippen molar-refractivity contribution in [2.24, 2.45) is 5.41 Å². The van der Waals surface area contributed by atoms with E-state index in [0.717, 1.165) is 0 Å². The van der Waals surface area contributed by atoms with Crippen LogP contribution in [0.3, 0.4) is 0 Å². The van der Waals surface area contributed by atoms with Gasteiger partial charge in [-0.2, -0.15) is 0 Å². The number of halogens is 2. The first kappa shape index (κ1) is 9.37. The molecule has 0 aromatic heterocycles. The van der Waals surface area contributed by atoms with Crippen molar-refractivity contribution >= 4 is 11.6 Å². The van der Waals surface area contributed by atoms with Crippen LogP contribution in [0.15, 0.2) is 0 Å². The second-order valence-electron chi connectivity index (χ2n) is 2.16. The molecule has 0 bridgehead atoms. The van der Waals surface area contributed by atoms with Gasteiger partial charge >= 0.3 is 18.9 Å². The Bertz CT molecular complexity index is 92.4. The molecule has 2 radical (unpaired) electrons. The Balaban J connectivity index is 0.000000245. The minimum absolute atomic E-state index is 0. The maximum absolute atomic E-state index is 5.63. The number of alkyl halides is 1. The van der Waals surface area contributed by atoms with Gasteiger partial charge in [-0.25, -0.2) is 0 Å². The maximum Gasteiger partial charge on any atom is 1.00 e. The van der Waals surface area contributed by atoms with E-state index in [-0.39, 0.29) is 35.8 Å². The molecule has 40 valence electrons. The van der Waals surface area contributed by atoms with E-state index in [2.05, 4.69) is 6.42 Å². The minimum Gasteiger partial charge on any atom is -1.00 e. The van der Waals surface area contributed by atoms with Crippen molar-refractivity contribution in [1.29, 1.82) is 0 Å². The third-order valence-electron chi connectivity index (χ3n) is 1.60. The molecule has 1 atom stereocenters. The normalized spacial score (nSPS) is 34.9. The Hall–Kier alpha value is 1.37. The van der Waals surface area contributed by atoms with Crippen molar-refractivity contribution in [3.63, 3.8) is 0 Å². The van der Waals surface area contributed by atoms with Crippen LogP contribution in [0.25, 0.3) is 0 Å². The molecule has 0 heterocycles. The van der Waals surface area contributed by atoms with Crippen molar-refractivity contribution in [1.82, 2.24) is 0 Å². The molecule has 2 aliphatic rings. The van der Waals surface area contributed by atoms with Gasteiger partial charge < -0.3 is 17.0 Å². The summed E-state index contributed by atoms with van der Waals surface area (Å²) in [6.07, 6.45) is 5.76. The van der Waals surface area contributed by atoms with Gasteiger partial charge in [0.1, 0.15) is 0 Å². The number of rotatable bonds is 0. The molecule has 0 aromatic carbocycles. The monoisotopic (exact) mass is 186 g/mol. The molecule has 2 fully saturated rings. The third kappa shape index (κ3) is 1.26. The molecule has 0 N–H and O–H groups in total. The summed E-state index contributed by atoms with van der Waals surface area (Å²) in [6.45, 7) is 0. The van der Waals surface area contributed by atoms with Crippen LogP contribution in [0.4, 0.5) is 0 Å². The van der Waals surface area contributed by atoms with E-state index in [4.69, 9.17) is 11.6 Å². The predicted octanol–water partition coefficient (Wildman–Crippen LogP) is -4.52. The smallest absolute Gasteiger partial charge is 1.00 e. The molecule has 2 saturated carbocycles. The van der Waals surface area contributed by atoms with Crippen LogP contribution in [0.5, 0.6) is 0 Å². The van der Waals surface area contributed by atoms with Gasteiger partial charge in [-0.1, -0.05) is 0 Å². The van der Waals surface area contributed by atoms with Crippen molar-refractivity contribution in [3.8, 4) is 0 Å². The Morgan fingerprint density at radius 2 is 1.88 bits per heavy atom. The quantitative estimate of drug-likeness (QED) is 0.265. The second kappa shape index (κ2) is 2.54. The molecular weight excluding hydrogens is 182 g/mol. The van der Waals surface area contributed by atoms with Gasteiger partial charge in [-0.3, -0.25) is 0 Å². The van der Waals surface area contributed by atoms with E-state index < -0.39 is 0 Å². The fraction of sp³-hybridized carbons (Fsp3) is 0.800. The van der Waals surface area contributed by atoms with Crippen LogP contribution in [0.2, 0.25) is 0 Å². The van der Waals surface area contributed by atoms with Crippen LogP contribution in [-0.2, 0) is 0 Å². The summed E-state index contributed by atoms with van der Waals surface area (Å²) in [5.74, 6) is 0. The zero-order valence-corrected chi connectivity index (χ0v) is 7.09. The third-order valence-corrected chi connectivity index (χ3v) is 2.13. The summed E-state index contributed by atoms with van der Waals surface area (Å²) < 4.78 is 0. The van der Waals surface area contributed by atoms with Gasteiger partial charge in [0.2, 0.25) is 0 Å². The molecular formula is C5H5BrClLi. The molecule has 1 spiro atoms. The van der Waals surface area contributed by atoms with Gasteiger partial charge in [-0.15, -0.1) is 11.6 Å². The van der Waals surface area contributed by atoms with E-state index in [1.165, 1.54) is 12.8 Å². The topological polar surface area (TPSA) is 0 Å². The van der Waals surface area contributed by atoms with Crippen molar-refractivity contribution in [2.75, 3.05) is 0 Å². The Morgan fingerprint density at radius 1 is 1.50 bits per heavy atom. The zero-order valence-electron chi connectivity index (χ0n) is 4.75. The van der Waals surface area contributed by atoms with Crippen LogP contribution < -0.4 is 35.8 Å². The fourth-order valence-corrected chi connectivity index (χ4v) is 1.18. The van der Waals surface area contributed by atoms with E-state index in [1.54, 1.807) is 0 Å². The molecule has 0 nitrogen and oxygen atoms in total. The maximum atomic E-state index is 5.63. The predicted molar refractivity (Wildman–Crippen MR) is 24.6 cm³/mol. The summed E-state index contributed by atoms with van der Waals surface area (Å²) in [6, 6.07) is 0. The van der Waals surface area contributed by atoms with Gasteiger partial charge in [-0.05, 0) is 18.3 Å². The van der Waals surface area contributed by atoms with Crippen LogP contribution in [0.1, 0.15) is 12.8 Å². The summed E-state index contributed by atoms with van der Waals surface area (Å²) in [5.41, 5.74) is 0.474. The van der Waals surface area contributed by atoms with Crippen molar-refractivity contribution in [3.05, 3.63) is 6.42 Å². The first-order valence-corrected chi connectivity index (χ1v) is 2.69. The largest absolute Gasteiger partial charge is 1.00 e. The van der Waals surface area contributed by atoms with Gasteiger partial charge in [0.05, 0.1) is 0 Å². The fourth-order valence-electron chi connectivity index (χ4n) is 0.743. The zero-order chi connectivity index (χ0) is 4.20. The standard InChI is InChI=1S/C5H5Cl.BrH.Li/c6-4-3-5(4)1-2-5;;/h4H,1-2H2;1H;/q;;+1/p-1. The SMILES string of the molecule is ClC1[C]C12CC2.[Br-].[Li+].